The normalized spacial score (nSPS) is 11.8. The molecule has 22 heavy (non-hydrogen) atoms. The van der Waals surface area contributed by atoms with Gasteiger partial charge in [0.1, 0.15) is 0 Å². The summed E-state index contributed by atoms with van der Waals surface area (Å²) in [5.74, 6) is 6.67. The Morgan fingerprint density at radius 3 is 2.27 bits per heavy atom. The van der Waals surface area contributed by atoms with Gasteiger partial charge in [-0.05, 0) is 26.2 Å². The van der Waals surface area contributed by atoms with Crippen LogP contribution in [-0.4, -0.2) is 21.2 Å². The number of carbonyl (C=O) groups excluding carboxylic acids is 1. The van der Waals surface area contributed by atoms with Crippen molar-refractivity contribution < 1.29 is 9.53 Å². The first-order valence-corrected chi connectivity index (χ1v) is 11.5. The summed E-state index contributed by atoms with van der Waals surface area (Å²) in [6, 6.07) is 5.23. The summed E-state index contributed by atoms with van der Waals surface area (Å²) in [5.41, 5.74) is 1.35. The van der Waals surface area contributed by atoms with Crippen molar-refractivity contribution in [2.45, 2.75) is 84.0 Å². The van der Waals surface area contributed by atoms with Crippen molar-refractivity contribution in [3.63, 3.8) is 0 Å². The molecule has 0 bridgehead atoms. The molecule has 126 valence electrons. The van der Waals surface area contributed by atoms with Crippen LogP contribution in [-0.2, 0) is 9.53 Å². The Labute approximate surface area is 138 Å². The van der Waals surface area contributed by atoms with Gasteiger partial charge in [-0.1, -0.05) is 50.6 Å². The maximum absolute atomic E-state index is 11.0. The van der Waals surface area contributed by atoms with Gasteiger partial charge >= 0.3 is 5.97 Å². The van der Waals surface area contributed by atoms with E-state index in [1.54, 1.807) is 0 Å². The Balaban J connectivity index is 3.98. The van der Waals surface area contributed by atoms with Crippen LogP contribution in [0.5, 0.6) is 0 Å². The fourth-order valence-electron chi connectivity index (χ4n) is 2.57. The molecule has 0 N–H and O–H groups in total. The predicted molar refractivity (Wildman–Crippen MR) is 98.6 cm³/mol. The van der Waals surface area contributed by atoms with Crippen LogP contribution in [0.4, 0.5) is 0 Å². The van der Waals surface area contributed by atoms with Gasteiger partial charge in [0.25, 0.3) is 0 Å². The molecule has 0 atom stereocenters. The molecule has 0 amide bonds. The molecule has 0 saturated heterocycles. The molecule has 0 aromatic carbocycles. The summed E-state index contributed by atoms with van der Waals surface area (Å²) in [6.07, 6.45) is 6.60. The molecule has 0 rings (SSSR count). The monoisotopic (exact) mass is 322 g/mol. The highest BCUT2D eigenvalue weighted by molar-refractivity contribution is 6.80. The smallest absolute Gasteiger partial charge is 0.305 e. The Kier molecular flexibility index (Phi) is 11.9. The molecule has 0 heterocycles. The van der Waals surface area contributed by atoms with E-state index in [2.05, 4.69) is 50.3 Å². The predicted octanol–water partition coefficient (Wildman–Crippen LogP) is 5.57. The molecule has 0 aliphatic carbocycles. The first-order chi connectivity index (χ1) is 10.5. The summed E-state index contributed by atoms with van der Waals surface area (Å²) in [5, 5.41) is 0. The van der Waals surface area contributed by atoms with E-state index in [1.165, 1.54) is 36.9 Å². The quantitative estimate of drug-likeness (QED) is 0.173. The minimum Gasteiger partial charge on any atom is -0.469 e. The number of carbonyl (C=O) groups is 1. The van der Waals surface area contributed by atoms with Gasteiger partial charge in [-0.2, -0.15) is 0 Å². The Bertz CT molecular complexity index is 389. The number of rotatable bonds is 10. The van der Waals surface area contributed by atoms with Crippen molar-refractivity contribution >= 4 is 14.0 Å². The first-order valence-electron chi connectivity index (χ1n) is 8.71. The van der Waals surface area contributed by atoms with Crippen molar-refractivity contribution in [2.75, 3.05) is 7.11 Å². The number of hydrogen-bond donors (Lipinski definition) is 0. The average Bonchev–Trinajstić information content (AvgIpc) is 2.54. The first kappa shape index (κ1) is 21.0. The van der Waals surface area contributed by atoms with E-state index in [0.29, 0.717) is 6.42 Å². The van der Waals surface area contributed by atoms with Crippen molar-refractivity contribution in [1.29, 1.82) is 0 Å². The maximum atomic E-state index is 11.0. The lowest BCUT2D eigenvalue weighted by Crippen LogP contribution is -2.30. The van der Waals surface area contributed by atoms with Gasteiger partial charge in [0.2, 0.25) is 0 Å². The Hall–Kier alpha value is -1.01. The largest absolute Gasteiger partial charge is 0.469 e. The second-order valence-electron chi connectivity index (χ2n) is 6.11. The standard InChI is InChI=1S/C19H34O2Si/c1-6-22(7-2,8-3)17-12-10-9-11-14-18(4)15-13-16-19(20)21-5/h14H,6-9,11,13,15-17H2,1-5H3. The molecule has 0 unspecified atom stereocenters. The van der Waals surface area contributed by atoms with Gasteiger partial charge in [0.15, 0.2) is 0 Å². The summed E-state index contributed by atoms with van der Waals surface area (Å²) < 4.78 is 4.64. The summed E-state index contributed by atoms with van der Waals surface area (Å²) in [6.45, 7) is 9.14. The minimum atomic E-state index is -1.06. The van der Waals surface area contributed by atoms with Crippen LogP contribution < -0.4 is 0 Å². The highest BCUT2D eigenvalue weighted by atomic mass is 28.3. The number of ether oxygens (including phenoxy) is 1. The average molecular weight is 323 g/mol. The molecule has 2 nitrogen and oxygen atoms in total. The maximum Gasteiger partial charge on any atom is 0.305 e. The summed E-state index contributed by atoms with van der Waals surface area (Å²) in [7, 11) is 0.377. The zero-order valence-electron chi connectivity index (χ0n) is 15.3. The third kappa shape index (κ3) is 9.10. The number of esters is 1. The van der Waals surface area contributed by atoms with Gasteiger partial charge in [-0.3, -0.25) is 4.79 Å². The molecule has 0 fully saturated rings. The highest BCUT2D eigenvalue weighted by Gasteiger charge is 2.24. The molecule has 0 spiro atoms. The molecular weight excluding hydrogens is 288 g/mol. The van der Waals surface area contributed by atoms with Crippen molar-refractivity contribution in [1.82, 2.24) is 0 Å². The van der Waals surface area contributed by atoms with Gasteiger partial charge in [-0.15, -0.1) is 11.8 Å². The van der Waals surface area contributed by atoms with Crippen molar-refractivity contribution in [3.8, 4) is 11.8 Å². The van der Waals surface area contributed by atoms with E-state index in [-0.39, 0.29) is 5.97 Å². The topological polar surface area (TPSA) is 26.3 Å². The number of unbranched alkanes of at least 4 members (excludes halogenated alkanes) is 1. The third-order valence-electron chi connectivity index (χ3n) is 4.78. The van der Waals surface area contributed by atoms with Gasteiger partial charge in [0.05, 0.1) is 15.2 Å². The lowest BCUT2D eigenvalue weighted by molar-refractivity contribution is -0.140. The molecule has 0 saturated carbocycles. The van der Waals surface area contributed by atoms with Gasteiger partial charge in [0, 0.05) is 18.9 Å². The zero-order chi connectivity index (χ0) is 16.8. The minimum absolute atomic E-state index is 0.117. The van der Waals surface area contributed by atoms with Crippen LogP contribution in [0.15, 0.2) is 11.6 Å². The van der Waals surface area contributed by atoms with Gasteiger partial charge < -0.3 is 4.74 Å². The molecule has 0 aromatic heterocycles. The lowest BCUT2D eigenvalue weighted by atomic mass is 10.1. The van der Waals surface area contributed by atoms with E-state index in [1.807, 2.05) is 0 Å². The fourth-order valence-corrected chi connectivity index (χ4v) is 5.32. The molecule has 0 aromatic rings. The van der Waals surface area contributed by atoms with Crippen molar-refractivity contribution in [2.24, 2.45) is 0 Å². The van der Waals surface area contributed by atoms with Crippen LogP contribution in [0.2, 0.25) is 24.2 Å². The van der Waals surface area contributed by atoms with E-state index in [4.69, 9.17) is 0 Å². The van der Waals surface area contributed by atoms with Crippen LogP contribution in [0.3, 0.4) is 0 Å². The van der Waals surface area contributed by atoms with Crippen LogP contribution in [0, 0.1) is 11.8 Å². The lowest BCUT2D eigenvalue weighted by Gasteiger charge is -2.25. The van der Waals surface area contributed by atoms with Gasteiger partial charge in [-0.25, -0.2) is 0 Å². The fraction of sp³-hybridized carbons (Fsp3) is 0.737. The zero-order valence-corrected chi connectivity index (χ0v) is 16.3. The summed E-state index contributed by atoms with van der Waals surface area (Å²) in [4.78, 5) is 11.0. The number of methoxy groups -OCH3 is 1. The molecular formula is C19H34O2Si. The molecule has 0 aliphatic heterocycles. The molecule has 3 heteroatoms. The molecule has 0 radical (unpaired) electrons. The van der Waals surface area contributed by atoms with Crippen LogP contribution >= 0.6 is 0 Å². The van der Waals surface area contributed by atoms with E-state index in [9.17, 15) is 4.79 Å². The van der Waals surface area contributed by atoms with E-state index in [0.717, 1.165) is 25.7 Å². The second kappa shape index (κ2) is 12.5. The van der Waals surface area contributed by atoms with Crippen molar-refractivity contribution in [3.05, 3.63) is 11.6 Å². The van der Waals surface area contributed by atoms with E-state index < -0.39 is 8.07 Å². The highest BCUT2D eigenvalue weighted by Crippen LogP contribution is 2.24. The third-order valence-corrected chi connectivity index (χ3v) is 10.2. The van der Waals surface area contributed by atoms with Crippen LogP contribution in [0.25, 0.3) is 0 Å². The Morgan fingerprint density at radius 2 is 1.73 bits per heavy atom. The number of hydrogen-bond acceptors (Lipinski definition) is 2. The second-order valence-corrected chi connectivity index (χ2v) is 11.6. The van der Waals surface area contributed by atoms with Crippen LogP contribution in [0.1, 0.15) is 59.8 Å². The van der Waals surface area contributed by atoms with E-state index >= 15 is 0 Å². The summed E-state index contributed by atoms with van der Waals surface area (Å²) >= 11 is 0. The SMILES string of the molecule is CC[Si](CC)(CC)CC#CCCC=C(C)CCCC(=O)OC. The number of allylic oxidation sites excluding steroid dienone is 2. The molecule has 0 aliphatic rings. The Morgan fingerprint density at radius 1 is 1.09 bits per heavy atom.